The normalized spacial score (nSPS) is 29.5. The summed E-state index contributed by atoms with van der Waals surface area (Å²) >= 11 is 7.32. The van der Waals surface area contributed by atoms with Gasteiger partial charge in [-0.3, -0.25) is 4.79 Å². The van der Waals surface area contributed by atoms with Crippen molar-refractivity contribution in [1.29, 1.82) is 0 Å². The molecule has 2 fully saturated rings. The van der Waals surface area contributed by atoms with Crippen molar-refractivity contribution < 1.29 is 18.0 Å². The second-order valence-electron chi connectivity index (χ2n) is 5.76. The lowest BCUT2D eigenvalue weighted by molar-refractivity contribution is -0.188. The second kappa shape index (κ2) is 5.47. The zero-order valence-corrected chi connectivity index (χ0v) is 12.8. The first-order chi connectivity index (χ1) is 9.86. The van der Waals surface area contributed by atoms with Crippen LogP contribution >= 0.6 is 22.9 Å². The highest BCUT2D eigenvalue weighted by atomic mass is 35.5. The third kappa shape index (κ3) is 3.21. The van der Waals surface area contributed by atoms with Gasteiger partial charge in [-0.05, 0) is 31.4 Å². The molecule has 1 amide bonds. The van der Waals surface area contributed by atoms with E-state index in [-0.39, 0.29) is 30.7 Å². The van der Waals surface area contributed by atoms with Gasteiger partial charge in [0, 0.05) is 29.8 Å². The van der Waals surface area contributed by atoms with Gasteiger partial charge in [-0.25, -0.2) is 0 Å². The van der Waals surface area contributed by atoms with Crippen molar-refractivity contribution in [3.05, 3.63) is 21.3 Å². The van der Waals surface area contributed by atoms with Crippen molar-refractivity contribution >= 4 is 28.8 Å². The molecule has 1 saturated heterocycles. The molecular formula is C14H15ClF3NOS. The van der Waals surface area contributed by atoms with Gasteiger partial charge in [-0.2, -0.15) is 13.2 Å². The number of thiophene rings is 1. The molecule has 3 rings (SSSR count). The predicted octanol–water partition coefficient (Wildman–Crippen LogP) is 4.31. The first kappa shape index (κ1) is 15.2. The minimum Gasteiger partial charge on any atom is -0.342 e. The molecule has 116 valence electrons. The van der Waals surface area contributed by atoms with Crippen LogP contribution in [0.1, 0.15) is 30.1 Å². The van der Waals surface area contributed by atoms with Crippen LogP contribution in [0.5, 0.6) is 0 Å². The van der Waals surface area contributed by atoms with Gasteiger partial charge >= 0.3 is 6.18 Å². The van der Waals surface area contributed by atoms with E-state index in [0.717, 1.165) is 11.3 Å². The number of amides is 1. The third-order valence-corrected chi connectivity index (χ3v) is 5.63. The van der Waals surface area contributed by atoms with Gasteiger partial charge < -0.3 is 4.90 Å². The van der Waals surface area contributed by atoms with Crippen LogP contribution in [0.3, 0.4) is 0 Å². The maximum Gasteiger partial charge on any atom is 0.393 e. The van der Waals surface area contributed by atoms with Crippen molar-refractivity contribution in [3.63, 3.8) is 0 Å². The number of likely N-dealkylation sites (tertiary alicyclic amines) is 1. The molecule has 2 heterocycles. The van der Waals surface area contributed by atoms with E-state index in [0.29, 0.717) is 17.3 Å². The standard InChI is InChI=1S/C14H15ClF3NOS/c15-12-4-3-11(21-12)9-6-10(9)13(20)19-5-1-2-8(7-19)14(16,17)18/h3-4,8-10H,1-2,5-7H2/t8-,9-,10-/m1/s1. The van der Waals surface area contributed by atoms with Gasteiger partial charge in [0.2, 0.25) is 5.91 Å². The molecule has 3 atom stereocenters. The Morgan fingerprint density at radius 1 is 1.38 bits per heavy atom. The Kier molecular flexibility index (Phi) is 3.94. The molecule has 0 N–H and O–H groups in total. The maximum absolute atomic E-state index is 12.8. The van der Waals surface area contributed by atoms with Crippen molar-refractivity contribution in [2.75, 3.05) is 13.1 Å². The molecule has 21 heavy (non-hydrogen) atoms. The summed E-state index contributed by atoms with van der Waals surface area (Å²) < 4.78 is 39.0. The summed E-state index contributed by atoms with van der Waals surface area (Å²) in [5.41, 5.74) is 0. The Morgan fingerprint density at radius 2 is 2.14 bits per heavy atom. The number of hydrogen-bond donors (Lipinski definition) is 0. The number of nitrogens with zero attached hydrogens (tertiary/aromatic N) is 1. The van der Waals surface area contributed by atoms with E-state index in [2.05, 4.69) is 0 Å². The SMILES string of the molecule is O=C([C@@H]1C[C@H]1c1ccc(Cl)s1)N1CCC[C@@H](C(F)(F)F)C1. The van der Waals surface area contributed by atoms with Gasteiger partial charge in [0.25, 0.3) is 0 Å². The zero-order valence-electron chi connectivity index (χ0n) is 11.2. The lowest BCUT2D eigenvalue weighted by Gasteiger charge is -2.34. The molecule has 0 aromatic carbocycles. The summed E-state index contributed by atoms with van der Waals surface area (Å²) in [5.74, 6) is -1.52. The number of hydrogen-bond acceptors (Lipinski definition) is 2. The second-order valence-corrected chi connectivity index (χ2v) is 7.50. The van der Waals surface area contributed by atoms with Gasteiger partial charge in [0.1, 0.15) is 0 Å². The van der Waals surface area contributed by atoms with Gasteiger partial charge in [0.15, 0.2) is 0 Å². The van der Waals surface area contributed by atoms with Crippen LogP contribution in [-0.2, 0) is 4.79 Å². The van der Waals surface area contributed by atoms with Crippen LogP contribution in [0.25, 0.3) is 0 Å². The van der Waals surface area contributed by atoms with E-state index < -0.39 is 12.1 Å². The summed E-state index contributed by atoms with van der Waals surface area (Å²) in [6.45, 7) is 0.260. The number of carbonyl (C=O) groups is 1. The van der Waals surface area contributed by atoms with Gasteiger partial charge in [0.05, 0.1) is 10.3 Å². The van der Waals surface area contributed by atoms with Gasteiger partial charge in [-0.1, -0.05) is 11.6 Å². The first-order valence-corrected chi connectivity index (χ1v) is 8.16. The molecule has 0 unspecified atom stereocenters. The number of halogens is 4. The highest BCUT2D eigenvalue weighted by Gasteiger charge is 2.49. The quantitative estimate of drug-likeness (QED) is 0.787. The number of piperidine rings is 1. The number of alkyl halides is 3. The van der Waals surface area contributed by atoms with E-state index >= 15 is 0 Å². The fourth-order valence-electron chi connectivity index (χ4n) is 2.99. The molecule has 7 heteroatoms. The van der Waals surface area contributed by atoms with Crippen LogP contribution in [0.4, 0.5) is 13.2 Å². The summed E-state index contributed by atoms with van der Waals surface area (Å²) in [7, 11) is 0. The Hall–Kier alpha value is -0.750. The largest absolute Gasteiger partial charge is 0.393 e. The Balaban J connectivity index is 1.61. The first-order valence-electron chi connectivity index (χ1n) is 6.97. The Bertz CT molecular complexity index is 545. The number of carbonyl (C=O) groups excluding carboxylic acids is 1. The summed E-state index contributed by atoms with van der Waals surface area (Å²) in [4.78, 5) is 14.8. The van der Waals surface area contributed by atoms with Crippen LogP contribution < -0.4 is 0 Å². The Labute approximate surface area is 129 Å². The van der Waals surface area contributed by atoms with E-state index in [9.17, 15) is 18.0 Å². The maximum atomic E-state index is 12.8. The fourth-order valence-corrected chi connectivity index (χ4v) is 4.23. The van der Waals surface area contributed by atoms with Crippen molar-refractivity contribution in [1.82, 2.24) is 4.90 Å². The van der Waals surface area contributed by atoms with Crippen LogP contribution in [0, 0.1) is 11.8 Å². The summed E-state index contributed by atoms with van der Waals surface area (Å²) in [6.07, 6.45) is -2.92. The van der Waals surface area contributed by atoms with Gasteiger partial charge in [-0.15, -0.1) is 11.3 Å². The average Bonchev–Trinajstić information content (AvgIpc) is 3.12. The molecule has 1 aromatic rings. The molecule has 1 aliphatic carbocycles. The molecule has 0 radical (unpaired) electrons. The van der Waals surface area contributed by atoms with E-state index in [4.69, 9.17) is 11.6 Å². The average molecular weight is 338 g/mol. The number of rotatable bonds is 2. The minimum atomic E-state index is -4.21. The lowest BCUT2D eigenvalue weighted by Crippen LogP contribution is -2.45. The predicted molar refractivity (Wildman–Crippen MR) is 75.5 cm³/mol. The highest BCUT2D eigenvalue weighted by Crippen LogP contribution is 2.51. The van der Waals surface area contributed by atoms with Crippen LogP contribution in [-0.4, -0.2) is 30.1 Å². The topological polar surface area (TPSA) is 20.3 Å². The van der Waals surface area contributed by atoms with Crippen LogP contribution in [0.2, 0.25) is 4.34 Å². The highest BCUT2D eigenvalue weighted by molar-refractivity contribution is 7.16. The fraction of sp³-hybridized carbons (Fsp3) is 0.643. The molecule has 1 aromatic heterocycles. The molecule has 2 aliphatic rings. The Morgan fingerprint density at radius 3 is 2.76 bits per heavy atom. The smallest absolute Gasteiger partial charge is 0.342 e. The molecule has 1 aliphatic heterocycles. The van der Waals surface area contributed by atoms with E-state index in [1.165, 1.54) is 16.2 Å². The van der Waals surface area contributed by atoms with E-state index in [1.54, 1.807) is 6.07 Å². The van der Waals surface area contributed by atoms with Crippen molar-refractivity contribution in [3.8, 4) is 0 Å². The minimum absolute atomic E-state index is 0.126. The molecule has 0 bridgehead atoms. The zero-order chi connectivity index (χ0) is 15.2. The van der Waals surface area contributed by atoms with E-state index in [1.807, 2.05) is 6.07 Å². The van der Waals surface area contributed by atoms with Crippen LogP contribution in [0.15, 0.2) is 12.1 Å². The van der Waals surface area contributed by atoms with Crippen molar-refractivity contribution in [2.45, 2.75) is 31.4 Å². The molecule has 2 nitrogen and oxygen atoms in total. The molecule has 0 spiro atoms. The summed E-state index contributed by atoms with van der Waals surface area (Å²) in [5, 5.41) is 0. The summed E-state index contributed by atoms with van der Waals surface area (Å²) in [6, 6.07) is 3.70. The molecule has 1 saturated carbocycles. The monoisotopic (exact) mass is 337 g/mol. The molecular weight excluding hydrogens is 323 g/mol. The lowest BCUT2D eigenvalue weighted by atomic mass is 9.97. The third-order valence-electron chi connectivity index (χ3n) is 4.26. The van der Waals surface area contributed by atoms with Crippen molar-refractivity contribution in [2.24, 2.45) is 11.8 Å².